The van der Waals surface area contributed by atoms with Crippen molar-refractivity contribution in [1.29, 1.82) is 0 Å². The molecule has 0 radical (unpaired) electrons. The Hall–Kier alpha value is -1.82. The molecule has 2 unspecified atom stereocenters. The zero-order chi connectivity index (χ0) is 14.8. The lowest BCUT2D eigenvalue weighted by Crippen LogP contribution is -2.36. The van der Waals surface area contributed by atoms with Gasteiger partial charge in [0.25, 0.3) is 5.88 Å². The van der Waals surface area contributed by atoms with Gasteiger partial charge in [-0.3, -0.25) is 4.40 Å². The fourth-order valence-electron chi connectivity index (χ4n) is 2.85. The van der Waals surface area contributed by atoms with Gasteiger partial charge in [0.1, 0.15) is 11.9 Å². The van der Waals surface area contributed by atoms with Crippen LogP contribution in [0, 0.1) is 0 Å². The van der Waals surface area contributed by atoms with Gasteiger partial charge in [-0.2, -0.15) is 4.98 Å². The topological polar surface area (TPSA) is 60.7 Å². The summed E-state index contributed by atoms with van der Waals surface area (Å²) in [5.74, 6) is 1.39. The first-order valence-electron chi connectivity index (χ1n) is 7.55. The molecule has 0 saturated carbocycles. The van der Waals surface area contributed by atoms with Crippen LogP contribution in [0.25, 0.3) is 5.65 Å². The molecule has 1 aliphatic heterocycles. The van der Waals surface area contributed by atoms with Crippen molar-refractivity contribution in [3.05, 3.63) is 18.6 Å². The standard InChI is InChI=1S/C15H22N4O2/c1-4-16-13-9-19-6-5-17-14(19)15(18-13)21-12-7-10(2)20-11(3)8-12/h5-6,9-12,16H,4,7-8H2,1-3H3. The summed E-state index contributed by atoms with van der Waals surface area (Å²) in [5, 5.41) is 3.22. The molecule has 2 aromatic heterocycles. The molecule has 114 valence electrons. The zero-order valence-electron chi connectivity index (χ0n) is 12.7. The van der Waals surface area contributed by atoms with Crippen LogP contribution < -0.4 is 10.1 Å². The molecule has 0 bridgehead atoms. The number of rotatable bonds is 4. The molecule has 1 saturated heterocycles. The number of hydrogen-bond acceptors (Lipinski definition) is 5. The molecule has 6 heteroatoms. The molecule has 3 rings (SSSR count). The van der Waals surface area contributed by atoms with Crippen LogP contribution in [0.15, 0.2) is 18.6 Å². The third kappa shape index (κ3) is 3.10. The molecule has 0 amide bonds. The molecule has 1 N–H and O–H groups in total. The minimum Gasteiger partial charge on any atom is -0.471 e. The van der Waals surface area contributed by atoms with E-state index in [4.69, 9.17) is 9.47 Å². The van der Waals surface area contributed by atoms with E-state index in [1.165, 1.54) is 0 Å². The van der Waals surface area contributed by atoms with Gasteiger partial charge in [0.2, 0.25) is 5.65 Å². The Morgan fingerprint density at radius 2 is 2.14 bits per heavy atom. The van der Waals surface area contributed by atoms with Crippen LogP contribution in [0.1, 0.15) is 33.6 Å². The van der Waals surface area contributed by atoms with Crippen molar-refractivity contribution in [2.24, 2.45) is 0 Å². The van der Waals surface area contributed by atoms with E-state index in [9.17, 15) is 0 Å². The zero-order valence-corrected chi connectivity index (χ0v) is 12.7. The quantitative estimate of drug-likeness (QED) is 0.937. The van der Waals surface area contributed by atoms with E-state index in [0.29, 0.717) is 5.88 Å². The lowest BCUT2D eigenvalue weighted by Gasteiger charge is -2.32. The Morgan fingerprint density at radius 3 is 2.86 bits per heavy atom. The van der Waals surface area contributed by atoms with Crippen LogP contribution in [0.4, 0.5) is 5.82 Å². The van der Waals surface area contributed by atoms with Gasteiger partial charge in [-0.1, -0.05) is 0 Å². The lowest BCUT2D eigenvalue weighted by atomic mass is 10.0. The first-order chi connectivity index (χ1) is 10.2. The Morgan fingerprint density at radius 1 is 1.38 bits per heavy atom. The second-order valence-corrected chi connectivity index (χ2v) is 5.59. The summed E-state index contributed by atoms with van der Waals surface area (Å²) in [6.45, 7) is 7.03. The highest BCUT2D eigenvalue weighted by molar-refractivity contribution is 5.53. The summed E-state index contributed by atoms with van der Waals surface area (Å²) in [6.07, 6.45) is 7.89. The van der Waals surface area contributed by atoms with Gasteiger partial charge in [0.05, 0.1) is 18.4 Å². The minimum atomic E-state index is 0.119. The highest BCUT2D eigenvalue weighted by atomic mass is 16.5. The summed E-state index contributed by atoms with van der Waals surface area (Å²) < 4.78 is 13.8. The number of imidazole rings is 1. The third-order valence-corrected chi connectivity index (χ3v) is 3.63. The van der Waals surface area contributed by atoms with Crippen molar-refractivity contribution in [2.45, 2.75) is 51.9 Å². The Balaban J connectivity index is 1.86. The number of nitrogens with one attached hydrogen (secondary N) is 1. The van der Waals surface area contributed by atoms with Crippen molar-refractivity contribution in [3.8, 4) is 5.88 Å². The minimum absolute atomic E-state index is 0.119. The van der Waals surface area contributed by atoms with Crippen molar-refractivity contribution in [3.63, 3.8) is 0 Å². The molecule has 2 aromatic rings. The van der Waals surface area contributed by atoms with E-state index in [1.807, 2.05) is 23.7 Å². The summed E-state index contributed by atoms with van der Waals surface area (Å²) in [6, 6.07) is 0. The lowest BCUT2D eigenvalue weighted by molar-refractivity contribution is -0.0727. The second kappa shape index (κ2) is 5.89. The Bertz CT molecular complexity index is 603. The van der Waals surface area contributed by atoms with Gasteiger partial charge in [0, 0.05) is 31.8 Å². The van der Waals surface area contributed by atoms with Crippen LogP contribution in [0.5, 0.6) is 5.88 Å². The molecular formula is C15H22N4O2. The van der Waals surface area contributed by atoms with Crippen molar-refractivity contribution in [1.82, 2.24) is 14.4 Å². The first kappa shape index (κ1) is 14.1. The average molecular weight is 290 g/mol. The molecular weight excluding hydrogens is 268 g/mol. The van der Waals surface area contributed by atoms with Gasteiger partial charge >= 0.3 is 0 Å². The number of nitrogens with zero attached hydrogens (tertiary/aromatic N) is 3. The van der Waals surface area contributed by atoms with Crippen molar-refractivity contribution < 1.29 is 9.47 Å². The number of fused-ring (bicyclic) bond motifs is 1. The summed E-state index contributed by atoms with van der Waals surface area (Å²) in [5.41, 5.74) is 0.753. The van der Waals surface area contributed by atoms with E-state index < -0.39 is 0 Å². The molecule has 0 spiro atoms. The van der Waals surface area contributed by atoms with Gasteiger partial charge < -0.3 is 14.8 Å². The number of anilines is 1. The SMILES string of the molecule is CCNc1cn2ccnc2c(OC2CC(C)OC(C)C2)n1. The van der Waals surface area contributed by atoms with Gasteiger partial charge in [-0.15, -0.1) is 0 Å². The smallest absolute Gasteiger partial charge is 0.260 e. The molecule has 21 heavy (non-hydrogen) atoms. The Labute approximate surface area is 124 Å². The van der Waals surface area contributed by atoms with E-state index in [-0.39, 0.29) is 18.3 Å². The molecule has 3 heterocycles. The molecule has 0 aliphatic carbocycles. The molecule has 1 fully saturated rings. The van der Waals surface area contributed by atoms with E-state index in [1.54, 1.807) is 6.20 Å². The maximum absolute atomic E-state index is 6.14. The normalized spacial score (nSPS) is 26.0. The van der Waals surface area contributed by atoms with Gasteiger partial charge in [-0.25, -0.2) is 4.98 Å². The monoisotopic (exact) mass is 290 g/mol. The number of hydrogen-bond donors (Lipinski definition) is 1. The predicted molar refractivity (Wildman–Crippen MR) is 80.8 cm³/mol. The van der Waals surface area contributed by atoms with Crippen LogP contribution in [-0.2, 0) is 4.74 Å². The van der Waals surface area contributed by atoms with E-state index in [0.717, 1.165) is 30.9 Å². The maximum atomic E-state index is 6.14. The van der Waals surface area contributed by atoms with Crippen molar-refractivity contribution >= 4 is 11.5 Å². The van der Waals surface area contributed by atoms with Gasteiger partial charge in [-0.05, 0) is 20.8 Å². The molecule has 1 aliphatic rings. The predicted octanol–water partition coefficient (Wildman–Crippen LogP) is 2.50. The van der Waals surface area contributed by atoms with Crippen LogP contribution in [0.2, 0.25) is 0 Å². The summed E-state index contributed by atoms with van der Waals surface area (Å²) in [7, 11) is 0. The largest absolute Gasteiger partial charge is 0.471 e. The molecule has 2 atom stereocenters. The Kier molecular flexibility index (Phi) is 3.96. The van der Waals surface area contributed by atoms with Crippen LogP contribution >= 0.6 is 0 Å². The molecule has 6 nitrogen and oxygen atoms in total. The number of aromatic nitrogens is 3. The molecule has 0 aromatic carbocycles. The average Bonchev–Trinajstić information content (AvgIpc) is 2.86. The highest BCUT2D eigenvalue weighted by Crippen LogP contribution is 2.26. The van der Waals surface area contributed by atoms with Crippen LogP contribution in [0.3, 0.4) is 0 Å². The third-order valence-electron chi connectivity index (χ3n) is 3.63. The van der Waals surface area contributed by atoms with Crippen molar-refractivity contribution in [2.75, 3.05) is 11.9 Å². The van der Waals surface area contributed by atoms with Crippen LogP contribution in [-0.4, -0.2) is 39.2 Å². The number of ether oxygens (including phenoxy) is 2. The first-order valence-corrected chi connectivity index (χ1v) is 7.55. The second-order valence-electron chi connectivity index (χ2n) is 5.59. The summed E-state index contributed by atoms with van der Waals surface area (Å²) in [4.78, 5) is 8.89. The van der Waals surface area contributed by atoms with Gasteiger partial charge in [0.15, 0.2) is 0 Å². The fourth-order valence-corrected chi connectivity index (χ4v) is 2.85. The van der Waals surface area contributed by atoms with E-state index >= 15 is 0 Å². The highest BCUT2D eigenvalue weighted by Gasteiger charge is 2.27. The van der Waals surface area contributed by atoms with E-state index in [2.05, 4.69) is 29.1 Å². The fraction of sp³-hybridized carbons (Fsp3) is 0.600. The summed E-state index contributed by atoms with van der Waals surface area (Å²) >= 11 is 0. The maximum Gasteiger partial charge on any atom is 0.260 e.